The standard InChI is InChI=1S/C26H24O6.2C3H4O/c1-4-25(27)32-23-14-5-18(17-24(23)30-3)15-16-31-26(28)21-8-6-19(7-9-21)20-10-12-22(29-2)13-11-20;2*1-2-3-4/h4-14,17H,1,15-16H2,2-3H3;2*2-3H,1H2. The second kappa shape index (κ2) is 18.9. The second-order valence-electron chi connectivity index (χ2n) is 7.55. The fourth-order valence-electron chi connectivity index (χ4n) is 3.03. The molecule has 0 heterocycles. The van der Waals surface area contributed by atoms with Crippen LogP contribution in [0.3, 0.4) is 0 Å². The summed E-state index contributed by atoms with van der Waals surface area (Å²) in [4.78, 5) is 41.9. The number of rotatable bonds is 11. The van der Waals surface area contributed by atoms with E-state index in [0.717, 1.165) is 28.5 Å². The van der Waals surface area contributed by atoms with Gasteiger partial charge in [-0.15, -0.1) is 0 Å². The van der Waals surface area contributed by atoms with E-state index >= 15 is 0 Å². The van der Waals surface area contributed by atoms with Gasteiger partial charge in [-0.25, -0.2) is 9.59 Å². The van der Waals surface area contributed by atoms with Crippen molar-refractivity contribution in [2.75, 3.05) is 20.8 Å². The number of aldehydes is 2. The molecule has 0 fully saturated rings. The molecule has 40 heavy (non-hydrogen) atoms. The highest BCUT2D eigenvalue weighted by Gasteiger charge is 2.11. The van der Waals surface area contributed by atoms with Gasteiger partial charge in [-0.2, -0.15) is 0 Å². The van der Waals surface area contributed by atoms with Crippen LogP contribution in [0.15, 0.2) is 105 Å². The second-order valence-corrected chi connectivity index (χ2v) is 7.55. The first kappa shape index (κ1) is 32.8. The maximum absolute atomic E-state index is 12.4. The third-order valence-corrected chi connectivity index (χ3v) is 4.97. The van der Waals surface area contributed by atoms with Crippen LogP contribution in [0.4, 0.5) is 0 Å². The quantitative estimate of drug-likeness (QED) is 0.133. The molecule has 0 aliphatic carbocycles. The number of carbonyl (C=O) groups is 4. The summed E-state index contributed by atoms with van der Waals surface area (Å²) in [5.41, 5.74) is 3.38. The Morgan fingerprint density at radius 3 is 1.77 bits per heavy atom. The summed E-state index contributed by atoms with van der Waals surface area (Å²) >= 11 is 0. The number of methoxy groups -OCH3 is 2. The average Bonchev–Trinajstić information content (AvgIpc) is 3.01. The lowest BCUT2D eigenvalue weighted by Crippen LogP contribution is -2.08. The van der Waals surface area contributed by atoms with Crippen molar-refractivity contribution in [3.63, 3.8) is 0 Å². The van der Waals surface area contributed by atoms with E-state index in [9.17, 15) is 9.59 Å². The summed E-state index contributed by atoms with van der Waals surface area (Å²) in [5, 5.41) is 0. The molecule has 0 aliphatic heterocycles. The molecule has 0 amide bonds. The molecule has 0 unspecified atom stereocenters. The Morgan fingerprint density at radius 2 is 1.30 bits per heavy atom. The molecule has 0 spiro atoms. The van der Waals surface area contributed by atoms with Crippen LogP contribution in [0.25, 0.3) is 11.1 Å². The SMILES string of the molecule is C=CC(=O)Oc1ccc(CCOC(=O)c2ccc(-c3ccc(OC)cc3)cc2)cc1OC.C=CC=O.C=CC=O. The van der Waals surface area contributed by atoms with Crippen LogP contribution in [0.1, 0.15) is 15.9 Å². The van der Waals surface area contributed by atoms with Crippen LogP contribution in [0, 0.1) is 0 Å². The van der Waals surface area contributed by atoms with Gasteiger partial charge in [-0.05, 0) is 65.2 Å². The molecule has 0 radical (unpaired) electrons. The lowest BCUT2D eigenvalue weighted by molar-refractivity contribution is -0.129. The van der Waals surface area contributed by atoms with Crippen molar-refractivity contribution in [1.29, 1.82) is 0 Å². The highest BCUT2D eigenvalue weighted by atomic mass is 16.6. The smallest absolute Gasteiger partial charge is 0.338 e. The van der Waals surface area contributed by atoms with Crippen molar-refractivity contribution in [1.82, 2.24) is 0 Å². The molecule has 208 valence electrons. The normalized spacial score (nSPS) is 9.15. The van der Waals surface area contributed by atoms with Gasteiger partial charge in [0.05, 0.1) is 26.4 Å². The highest BCUT2D eigenvalue weighted by molar-refractivity contribution is 5.90. The van der Waals surface area contributed by atoms with Crippen LogP contribution in [0.2, 0.25) is 0 Å². The Hall–Kier alpha value is -5.24. The van der Waals surface area contributed by atoms with Gasteiger partial charge in [0.15, 0.2) is 11.5 Å². The van der Waals surface area contributed by atoms with E-state index < -0.39 is 11.9 Å². The molecule has 0 bridgehead atoms. The maximum atomic E-state index is 12.4. The van der Waals surface area contributed by atoms with Gasteiger partial charge in [-0.3, -0.25) is 9.59 Å². The predicted octanol–water partition coefficient (Wildman–Crippen LogP) is 5.60. The van der Waals surface area contributed by atoms with Crippen LogP contribution in [-0.4, -0.2) is 45.3 Å². The first-order chi connectivity index (χ1) is 19.4. The summed E-state index contributed by atoms with van der Waals surface area (Å²) in [6, 6.07) is 20.1. The number of ether oxygens (including phenoxy) is 4. The zero-order chi connectivity index (χ0) is 29.8. The number of benzene rings is 3. The largest absolute Gasteiger partial charge is 0.497 e. The van der Waals surface area contributed by atoms with Crippen LogP contribution < -0.4 is 14.2 Å². The fraction of sp³-hybridized carbons (Fsp3) is 0.125. The van der Waals surface area contributed by atoms with Crippen molar-refractivity contribution in [2.24, 2.45) is 0 Å². The Bertz CT molecular complexity index is 1250. The summed E-state index contributed by atoms with van der Waals surface area (Å²) in [6.07, 6.45) is 5.23. The van der Waals surface area contributed by atoms with E-state index in [1.165, 1.54) is 19.3 Å². The van der Waals surface area contributed by atoms with Crippen molar-refractivity contribution < 1.29 is 38.1 Å². The number of esters is 2. The molecular formula is C32H32O8. The molecule has 0 saturated carbocycles. The Kier molecular flexibility index (Phi) is 15.5. The van der Waals surface area contributed by atoms with E-state index in [-0.39, 0.29) is 6.61 Å². The van der Waals surface area contributed by atoms with Crippen molar-refractivity contribution in [3.8, 4) is 28.4 Å². The average molecular weight is 545 g/mol. The molecule has 3 aromatic carbocycles. The van der Waals surface area contributed by atoms with E-state index in [1.807, 2.05) is 36.4 Å². The van der Waals surface area contributed by atoms with Crippen molar-refractivity contribution >= 4 is 24.5 Å². The molecular weight excluding hydrogens is 512 g/mol. The molecule has 3 rings (SSSR count). The summed E-state index contributed by atoms with van der Waals surface area (Å²) in [7, 11) is 3.11. The van der Waals surface area contributed by atoms with Crippen LogP contribution in [-0.2, 0) is 25.5 Å². The van der Waals surface area contributed by atoms with Gasteiger partial charge in [0, 0.05) is 12.5 Å². The van der Waals surface area contributed by atoms with Gasteiger partial charge >= 0.3 is 11.9 Å². The molecule has 0 N–H and O–H groups in total. The predicted molar refractivity (Wildman–Crippen MR) is 154 cm³/mol. The van der Waals surface area contributed by atoms with Gasteiger partial charge in [-0.1, -0.05) is 50.1 Å². The number of hydrogen-bond acceptors (Lipinski definition) is 8. The Morgan fingerprint density at radius 1 is 0.750 bits per heavy atom. The molecule has 8 heteroatoms. The number of hydrogen-bond donors (Lipinski definition) is 0. The zero-order valence-electron chi connectivity index (χ0n) is 22.5. The minimum Gasteiger partial charge on any atom is -0.497 e. The van der Waals surface area contributed by atoms with Crippen molar-refractivity contribution in [2.45, 2.75) is 6.42 Å². The number of carbonyl (C=O) groups excluding carboxylic acids is 4. The summed E-state index contributed by atoms with van der Waals surface area (Å²) in [5.74, 6) is 0.546. The molecule has 0 aromatic heterocycles. The van der Waals surface area contributed by atoms with E-state index in [0.29, 0.717) is 36.1 Å². The fourth-order valence-corrected chi connectivity index (χ4v) is 3.03. The lowest BCUT2D eigenvalue weighted by atomic mass is 10.0. The minimum atomic E-state index is -0.567. The maximum Gasteiger partial charge on any atom is 0.338 e. The topological polar surface area (TPSA) is 105 Å². The minimum absolute atomic E-state index is 0.202. The highest BCUT2D eigenvalue weighted by Crippen LogP contribution is 2.28. The van der Waals surface area contributed by atoms with E-state index in [4.69, 9.17) is 28.5 Å². The monoisotopic (exact) mass is 544 g/mol. The van der Waals surface area contributed by atoms with Gasteiger partial charge < -0.3 is 18.9 Å². The molecule has 0 saturated heterocycles. The Labute approximate surface area is 234 Å². The van der Waals surface area contributed by atoms with E-state index in [1.54, 1.807) is 37.4 Å². The van der Waals surface area contributed by atoms with E-state index in [2.05, 4.69) is 19.7 Å². The summed E-state index contributed by atoms with van der Waals surface area (Å²) < 4.78 is 21.0. The van der Waals surface area contributed by atoms with Crippen LogP contribution in [0.5, 0.6) is 17.2 Å². The third kappa shape index (κ3) is 11.4. The van der Waals surface area contributed by atoms with Gasteiger partial charge in [0.25, 0.3) is 0 Å². The van der Waals surface area contributed by atoms with Gasteiger partial charge in [0.1, 0.15) is 18.3 Å². The lowest BCUT2D eigenvalue weighted by Gasteiger charge is -2.10. The summed E-state index contributed by atoms with van der Waals surface area (Å²) in [6.45, 7) is 9.79. The molecule has 3 aromatic rings. The van der Waals surface area contributed by atoms with Crippen LogP contribution >= 0.6 is 0 Å². The van der Waals surface area contributed by atoms with Gasteiger partial charge in [0.2, 0.25) is 0 Å². The van der Waals surface area contributed by atoms with Crippen molar-refractivity contribution in [3.05, 3.63) is 116 Å². The number of allylic oxidation sites excluding steroid dienone is 2. The Balaban J connectivity index is 0.000000883. The molecule has 0 atom stereocenters. The third-order valence-electron chi connectivity index (χ3n) is 4.97. The molecule has 0 aliphatic rings. The molecule has 8 nitrogen and oxygen atoms in total. The first-order valence-corrected chi connectivity index (χ1v) is 11.9. The first-order valence-electron chi connectivity index (χ1n) is 11.9. The zero-order valence-corrected chi connectivity index (χ0v) is 22.5.